The van der Waals surface area contributed by atoms with E-state index >= 15 is 0 Å². The van der Waals surface area contributed by atoms with Crippen molar-refractivity contribution in [2.75, 3.05) is 0 Å². The van der Waals surface area contributed by atoms with Crippen molar-refractivity contribution in [3.05, 3.63) is 30.1 Å². The van der Waals surface area contributed by atoms with Crippen LogP contribution < -0.4 is 4.57 Å². The van der Waals surface area contributed by atoms with Crippen LogP contribution in [0, 0.1) is 0 Å². The third-order valence-corrected chi connectivity index (χ3v) is 6.30. The molecule has 0 aliphatic rings. The molecule has 1 aromatic heterocycles. The van der Waals surface area contributed by atoms with E-state index in [-0.39, 0.29) is 0 Å². The molecule has 0 fully saturated rings. The lowest BCUT2D eigenvalue weighted by Gasteiger charge is -2.03. The van der Waals surface area contributed by atoms with Crippen molar-refractivity contribution in [3.63, 3.8) is 0 Å². The van der Waals surface area contributed by atoms with Crippen LogP contribution in [0.4, 0.5) is 0 Å². The minimum absolute atomic E-state index is 1.19. The Bertz CT molecular complexity index is 436. The van der Waals surface area contributed by atoms with Crippen LogP contribution in [0.1, 0.15) is 141 Å². The number of rotatable bonds is 21. The van der Waals surface area contributed by atoms with Gasteiger partial charge in [0.1, 0.15) is 6.54 Å². The molecule has 0 spiro atoms. The van der Waals surface area contributed by atoms with Gasteiger partial charge in [0.15, 0.2) is 12.4 Å². The standard InChI is InChI=1S/C28H52N/c1-3-5-7-8-9-10-11-12-13-14-15-16-17-18-19-21-25-29-26-23-28(24-27-29)22-20-6-4-2/h23-24,26-27H,3-22,25H2,1-2H3/q+1. The van der Waals surface area contributed by atoms with Gasteiger partial charge in [-0.1, -0.05) is 117 Å². The summed E-state index contributed by atoms with van der Waals surface area (Å²) in [5, 5.41) is 0. The normalized spacial score (nSPS) is 11.2. The molecule has 1 nitrogen and oxygen atoms in total. The summed E-state index contributed by atoms with van der Waals surface area (Å²) < 4.78 is 2.37. The molecule has 0 atom stereocenters. The highest BCUT2D eigenvalue weighted by atomic mass is 14.9. The Morgan fingerprint density at radius 3 is 1.31 bits per heavy atom. The van der Waals surface area contributed by atoms with Gasteiger partial charge in [-0.3, -0.25) is 0 Å². The van der Waals surface area contributed by atoms with E-state index in [1.54, 1.807) is 0 Å². The minimum Gasteiger partial charge on any atom is -0.205 e. The van der Waals surface area contributed by atoms with Crippen LogP contribution in [-0.2, 0) is 13.0 Å². The van der Waals surface area contributed by atoms with Crippen LogP contribution in [0.3, 0.4) is 0 Å². The number of pyridine rings is 1. The maximum atomic E-state index is 2.37. The second-order valence-electron chi connectivity index (χ2n) is 9.20. The zero-order valence-corrected chi connectivity index (χ0v) is 20.1. The summed E-state index contributed by atoms with van der Waals surface area (Å²) in [6.07, 6.45) is 32.9. The van der Waals surface area contributed by atoms with Crippen molar-refractivity contribution >= 4 is 0 Å². The number of nitrogens with zero attached hydrogens (tertiary/aromatic N) is 1. The number of unbranched alkanes of at least 4 members (excludes halogenated alkanes) is 17. The first-order valence-electron chi connectivity index (χ1n) is 13.3. The Balaban J connectivity index is 1.82. The van der Waals surface area contributed by atoms with Crippen molar-refractivity contribution in [3.8, 4) is 0 Å². The number of hydrogen-bond acceptors (Lipinski definition) is 0. The fraction of sp³-hybridized carbons (Fsp3) is 0.821. The molecule has 29 heavy (non-hydrogen) atoms. The molecule has 1 heteroatoms. The fourth-order valence-electron chi connectivity index (χ4n) is 4.23. The minimum atomic E-state index is 1.19. The molecular weight excluding hydrogens is 350 g/mol. The fourth-order valence-corrected chi connectivity index (χ4v) is 4.23. The van der Waals surface area contributed by atoms with Gasteiger partial charge in [-0.25, -0.2) is 4.57 Å². The van der Waals surface area contributed by atoms with Gasteiger partial charge in [0, 0.05) is 18.6 Å². The van der Waals surface area contributed by atoms with Crippen molar-refractivity contribution < 1.29 is 4.57 Å². The van der Waals surface area contributed by atoms with Crippen molar-refractivity contribution in [1.29, 1.82) is 0 Å². The molecule has 1 aromatic rings. The van der Waals surface area contributed by atoms with Crippen molar-refractivity contribution in [1.82, 2.24) is 0 Å². The molecule has 0 saturated heterocycles. The smallest absolute Gasteiger partial charge is 0.169 e. The molecule has 0 bridgehead atoms. The predicted molar refractivity (Wildman–Crippen MR) is 129 cm³/mol. The number of aryl methyl sites for hydroxylation is 2. The lowest BCUT2D eigenvalue weighted by molar-refractivity contribution is -0.697. The highest BCUT2D eigenvalue weighted by Gasteiger charge is 2.01. The van der Waals surface area contributed by atoms with E-state index in [0.29, 0.717) is 0 Å². The molecule has 0 N–H and O–H groups in total. The number of hydrogen-bond donors (Lipinski definition) is 0. The maximum Gasteiger partial charge on any atom is 0.169 e. The highest BCUT2D eigenvalue weighted by molar-refractivity contribution is 5.07. The quantitative estimate of drug-likeness (QED) is 0.143. The van der Waals surface area contributed by atoms with E-state index in [9.17, 15) is 0 Å². The zero-order valence-electron chi connectivity index (χ0n) is 20.1. The van der Waals surface area contributed by atoms with Crippen LogP contribution in [-0.4, -0.2) is 0 Å². The third-order valence-electron chi connectivity index (χ3n) is 6.30. The first-order chi connectivity index (χ1) is 14.4. The lowest BCUT2D eigenvalue weighted by atomic mass is 10.0. The van der Waals surface area contributed by atoms with Gasteiger partial charge in [-0.05, 0) is 24.8 Å². The molecule has 1 rings (SSSR count). The zero-order chi connectivity index (χ0) is 20.8. The van der Waals surface area contributed by atoms with E-state index in [0.717, 1.165) is 0 Å². The molecule has 0 radical (unpaired) electrons. The lowest BCUT2D eigenvalue weighted by Crippen LogP contribution is -2.32. The van der Waals surface area contributed by atoms with Crippen LogP contribution in [0.15, 0.2) is 24.5 Å². The maximum absolute atomic E-state index is 2.37. The van der Waals surface area contributed by atoms with E-state index in [1.807, 2.05) is 0 Å². The topological polar surface area (TPSA) is 3.88 Å². The summed E-state index contributed by atoms with van der Waals surface area (Å²) in [7, 11) is 0. The molecule has 1 heterocycles. The highest BCUT2D eigenvalue weighted by Crippen LogP contribution is 2.13. The monoisotopic (exact) mass is 402 g/mol. The van der Waals surface area contributed by atoms with Gasteiger partial charge in [-0.2, -0.15) is 0 Å². The summed E-state index contributed by atoms with van der Waals surface area (Å²) in [5.74, 6) is 0. The second-order valence-corrected chi connectivity index (χ2v) is 9.20. The molecule has 0 aliphatic heterocycles. The average Bonchev–Trinajstić information content (AvgIpc) is 2.74. The average molecular weight is 403 g/mol. The first kappa shape index (κ1) is 26.2. The Kier molecular flexibility index (Phi) is 18.4. The Morgan fingerprint density at radius 2 is 0.862 bits per heavy atom. The van der Waals surface area contributed by atoms with Gasteiger partial charge >= 0.3 is 0 Å². The van der Waals surface area contributed by atoms with Crippen molar-refractivity contribution in [2.45, 2.75) is 149 Å². The van der Waals surface area contributed by atoms with E-state index in [1.165, 1.54) is 141 Å². The largest absolute Gasteiger partial charge is 0.205 e. The summed E-state index contributed by atoms with van der Waals surface area (Å²) in [5.41, 5.74) is 1.50. The molecule has 0 aliphatic carbocycles. The third kappa shape index (κ3) is 16.6. The SMILES string of the molecule is CCCCCCCCCCCCCCCCCC[n+]1ccc(CCCCC)cc1. The summed E-state index contributed by atoms with van der Waals surface area (Å²) >= 11 is 0. The Morgan fingerprint density at radius 1 is 0.483 bits per heavy atom. The van der Waals surface area contributed by atoms with Gasteiger partial charge < -0.3 is 0 Å². The summed E-state index contributed by atoms with van der Waals surface area (Å²) in [6, 6.07) is 4.64. The predicted octanol–water partition coefficient (Wildman–Crippen LogP) is 8.97. The summed E-state index contributed by atoms with van der Waals surface area (Å²) in [4.78, 5) is 0. The van der Waals surface area contributed by atoms with Gasteiger partial charge in [0.2, 0.25) is 0 Å². The van der Waals surface area contributed by atoms with Crippen LogP contribution in [0.5, 0.6) is 0 Å². The molecular formula is C28H52N+. The Labute approximate surface area is 183 Å². The van der Waals surface area contributed by atoms with Crippen LogP contribution >= 0.6 is 0 Å². The van der Waals surface area contributed by atoms with E-state index < -0.39 is 0 Å². The van der Waals surface area contributed by atoms with Gasteiger partial charge in [-0.15, -0.1) is 0 Å². The molecule has 0 amide bonds. The van der Waals surface area contributed by atoms with Gasteiger partial charge in [0.05, 0.1) is 0 Å². The Hall–Kier alpha value is -0.850. The number of aromatic nitrogens is 1. The van der Waals surface area contributed by atoms with E-state index in [4.69, 9.17) is 0 Å². The van der Waals surface area contributed by atoms with Crippen LogP contribution in [0.2, 0.25) is 0 Å². The van der Waals surface area contributed by atoms with E-state index in [2.05, 4.69) is 42.9 Å². The van der Waals surface area contributed by atoms with Crippen molar-refractivity contribution in [2.24, 2.45) is 0 Å². The molecule has 168 valence electrons. The van der Waals surface area contributed by atoms with Crippen LogP contribution in [0.25, 0.3) is 0 Å². The first-order valence-corrected chi connectivity index (χ1v) is 13.3. The molecule has 0 aromatic carbocycles. The summed E-state index contributed by atoms with van der Waals surface area (Å²) in [6.45, 7) is 5.76. The molecule has 0 unspecified atom stereocenters. The van der Waals surface area contributed by atoms with Gasteiger partial charge in [0.25, 0.3) is 0 Å². The second kappa shape index (κ2) is 20.4. The molecule has 0 saturated carbocycles.